The van der Waals surface area contributed by atoms with Crippen LogP contribution in [0.2, 0.25) is 0 Å². The van der Waals surface area contributed by atoms with E-state index in [1.807, 2.05) is 18.2 Å². The molecule has 3 heteroatoms. The number of hydrogen-bond acceptors (Lipinski definition) is 3. The molecular formula is C13H20O2S. The van der Waals surface area contributed by atoms with E-state index >= 15 is 0 Å². The summed E-state index contributed by atoms with van der Waals surface area (Å²) in [6, 6.07) is 10.1. The Kier molecular flexibility index (Phi) is 6.53. The standard InChI is InChI=1S/C13H20O2S/c1-2-6-13(12(15)9-10-14)16-11-7-4-3-5-8-11/h3-5,7-8,12-15H,2,6,9-10H2,1H3/t12-,13+/m0/s1. The molecule has 0 aliphatic carbocycles. The highest BCUT2D eigenvalue weighted by molar-refractivity contribution is 8.00. The molecule has 0 radical (unpaired) electrons. The molecule has 0 unspecified atom stereocenters. The topological polar surface area (TPSA) is 40.5 Å². The highest BCUT2D eigenvalue weighted by Crippen LogP contribution is 2.29. The SMILES string of the molecule is CCC[C@@H](Sc1ccccc1)[C@@H](O)CCO. The summed E-state index contributed by atoms with van der Waals surface area (Å²) in [5.74, 6) is 0. The molecule has 0 bridgehead atoms. The van der Waals surface area contributed by atoms with Crippen LogP contribution in [-0.4, -0.2) is 28.2 Å². The van der Waals surface area contributed by atoms with Crippen LogP contribution in [0, 0.1) is 0 Å². The summed E-state index contributed by atoms with van der Waals surface area (Å²) < 4.78 is 0. The Hall–Kier alpha value is -0.510. The Balaban J connectivity index is 2.57. The minimum atomic E-state index is -0.421. The highest BCUT2D eigenvalue weighted by atomic mass is 32.2. The summed E-state index contributed by atoms with van der Waals surface area (Å²) in [5, 5.41) is 19.0. The van der Waals surface area contributed by atoms with Gasteiger partial charge in [0.15, 0.2) is 0 Å². The Morgan fingerprint density at radius 3 is 2.44 bits per heavy atom. The first kappa shape index (κ1) is 13.6. The Bertz CT molecular complexity index is 277. The van der Waals surface area contributed by atoms with Gasteiger partial charge >= 0.3 is 0 Å². The molecule has 1 aromatic carbocycles. The summed E-state index contributed by atoms with van der Waals surface area (Å²) in [6.07, 6.45) is 2.06. The first-order valence-electron chi connectivity index (χ1n) is 5.78. The maximum Gasteiger partial charge on any atom is 0.0684 e. The third kappa shape index (κ3) is 4.56. The maximum absolute atomic E-state index is 9.92. The average molecular weight is 240 g/mol. The summed E-state index contributed by atoms with van der Waals surface area (Å²) in [5.41, 5.74) is 0. The van der Waals surface area contributed by atoms with Crippen LogP contribution < -0.4 is 0 Å². The number of aliphatic hydroxyl groups excluding tert-OH is 2. The quantitative estimate of drug-likeness (QED) is 0.720. The van der Waals surface area contributed by atoms with Gasteiger partial charge < -0.3 is 10.2 Å². The minimum Gasteiger partial charge on any atom is -0.396 e. The van der Waals surface area contributed by atoms with Gasteiger partial charge in [-0.3, -0.25) is 0 Å². The third-order valence-electron chi connectivity index (χ3n) is 2.46. The molecule has 0 fully saturated rings. The van der Waals surface area contributed by atoms with Crippen molar-refractivity contribution in [2.45, 2.75) is 42.4 Å². The molecule has 0 saturated carbocycles. The van der Waals surface area contributed by atoms with Gasteiger partial charge in [0.1, 0.15) is 0 Å². The van der Waals surface area contributed by atoms with Crippen molar-refractivity contribution in [3.05, 3.63) is 30.3 Å². The smallest absolute Gasteiger partial charge is 0.0684 e. The lowest BCUT2D eigenvalue weighted by Gasteiger charge is -2.21. The van der Waals surface area contributed by atoms with Crippen LogP contribution in [0.3, 0.4) is 0 Å². The van der Waals surface area contributed by atoms with Crippen molar-refractivity contribution in [3.63, 3.8) is 0 Å². The first-order valence-corrected chi connectivity index (χ1v) is 6.66. The largest absolute Gasteiger partial charge is 0.396 e. The molecule has 90 valence electrons. The number of rotatable bonds is 7. The molecule has 0 heterocycles. The molecular weight excluding hydrogens is 220 g/mol. The van der Waals surface area contributed by atoms with E-state index in [0.717, 1.165) is 12.8 Å². The van der Waals surface area contributed by atoms with E-state index in [2.05, 4.69) is 19.1 Å². The second kappa shape index (κ2) is 7.71. The van der Waals surface area contributed by atoms with Crippen LogP contribution in [0.25, 0.3) is 0 Å². The van der Waals surface area contributed by atoms with E-state index in [4.69, 9.17) is 5.11 Å². The number of benzene rings is 1. The molecule has 2 nitrogen and oxygen atoms in total. The summed E-state index contributed by atoms with van der Waals surface area (Å²) >= 11 is 1.70. The second-order valence-electron chi connectivity index (χ2n) is 3.84. The van der Waals surface area contributed by atoms with Gasteiger partial charge in [-0.1, -0.05) is 31.5 Å². The molecule has 0 aliphatic heterocycles. The Morgan fingerprint density at radius 2 is 1.88 bits per heavy atom. The van der Waals surface area contributed by atoms with Crippen molar-refractivity contribution in [1.82, 2.24) is 0 Å². The van der Waals surface area contributed by atoms with Gasteiger partial charge in [-0.15, -0.1) is 11.8 Å². The summed E-state index contributed by atoms with van der Waals surface area (Å²) in [6.45, 7) is 2.17. The predicted octanol–water partition coefficient (Wildman–Crippen LogP) is 2.69. The average Bonchev–Trinajstić information content (AvgIpc) is 2.30. The molecule has 2 N–H and O–H groups in total. The first-order chi connectivity index (χ1) is 7.77. The lowest BCUT2D eigenvalue weighted by Crippen LogP contribution is -2.24. The van der Waals surface area contributed by atoms with Gasteiger partial charge in [0.25, 0.3) is 0 Å². The summed E-state index contributed by atoms with van der Waals surface area (Å²) in [4.78, 5) is 1.18. The monoisotopic (exact) mass is 240 g/mol. The zero-order chi connectivity index (χ0) is 11.8. The molecule has 0 aliphatic rings. The van der Waals surface area contributed by atoms with E-state index in [9.17, 15) is 5.11 Å². The van der Waals surface area contributed by atoms with E-state index in [0.29, 0.717) is 6.42 Å². The van der Waals surface area contributed by atoms with Crippen LogP contribution in [0.4, 0.5) is 0 Å². The fraction of sp³-hybridized carbons (Fsp3) is 0.538. The van der Waals surface area contributed by atoms with Crippen LogP contribution in [0.5, 0.6) is 0 Å². The number of aliphatic hydroxyl groups is 2. The molecule has 0 aromatic heterocycles. The van der Waals surface area contributed by atoms with Gasteiger partial charge in [-0.25, -0.2) is 0 Å². The fourth-order valence-electron chi connectivity index (χ4n) is 1.61. The maximum atomic E-state index is 9.92. The van der Waals surface area contributed by atoms with Gasteiger partial charge in [0.05, 0.1) is 6.10 Å². The zero-order valence-electron chi connectivity index (χ0n) is 9.67. The van der Waals surface area contributed by atoms with Crippen molar-refractivity contribution in [2.75, 3.05) is 6.61 Å². The number of thioether (sulfide) groups is 1. The molecule has 0 spiro atoms. The molecule has 1 rings (SSSR count). The van der Waals surface area contributed by atoms with Crippen molar-refractivity contribution < 1.29 is 10.2 Å². The van der Waals surface area contributed by atoms with Crippen molar-refractivity contribution in [2.24, 2.45) is 0 Å². The number of hydrogen-bond donors (Lipinski definition) is 2. The van der Waals surface area contributed by atoms with E-state index in [-0.39, 0.29) is 11.9 Å². The lowest BCUT2D eigenvalue weighted by molar-refractivity contribution is 0.128. The molecule has 2 atom stereocenters. The zero-order valence-corrected chi connectivity index (χ0v) is 10.5. The van der Waals surface area contributed by atoms with E-state index < -0.39 is 6.10 Å². The van der Waals surface area contributed by atoms with Gasteiger partial charge in [-0.2, -0.15) is 0 Å². The van der Waals surface area contributed by atoms with E-state index in [1.165, 1.54) is 4.90 Å². The van der Waals surface area contributed by atoms with Crippen LogP contribution in [0.1, 0.15) is 26.2 Å². The fourth-order valence-corrected chi connectivity index (χ4v) is 2.92. The van der Waals surface area contributed by atoms with Crippen LogP contribution in [0.15, 0.2) is 35.2 Å². The van der Waals surface area contributed by atoms with E-state index in [1.54, 1.807) is 11.8 Å². The van der Waals surface area contributed by atoms with Crippen molar-refractivity contribution in [1.29, 1.82) is 0 Å². The minimum absolute atomic E-state index is 0.0523. The normalized spacial score (nSPS) is 14.7. The molecule has 1 aromatic rings. The molecule has 0 saturated heterocycles. The molecule has 0 amide bonds. The molecule has 16 heavy (non-hydrogen) atoms. The van der Waals surface area contributed by atoms with Crippen LogP contribution in [-0.2, 0) is 0 Å². The Labute approximate surface area is 102 Å². The van der Waals surface area contributed by atoms with Crippen molar-refractivity contribution >= 4 is 11.8 Å². The summed E-state index contributed by atoms with van der Waals surface area (Å²) in [7, 11) is 0. The van der Waals surface area contributed by atoms with Crippen molar-refractivity contribution in [3.8, 4) is 0 Å². The van der Waals surface area contributed by atoms with Gasteiger partial charge in [-0.05, 0) is 25.0 Å². The van der Waals surface area contributed by atoms with Crippen LogP contribution >= 0.6 is 11.8 Å². The highest BCUT2D eigenvalue weighted by Gasteiger charge is 2.18. The predicted molar refractivity (Wildman–Crippen MR) is 68.7 cm³/mol. The second-order valence-corrected chi connectivity index (χ2v) is 5.15. The Morgan fingerprint density at radius 1 is 1.19 bits per heavy atom. The third-order valence-corrected chi connectivity index (χ3v) is 3.85. The van der Waals surface area contributed by atoms with Gasteiger partial charge in [0.2, 0.25) is 0 Å². The van der Waals surface area contributed by atoms with Gasteiger partial charge in [0, 0.05) is 16.8 Å². The lowest BCUT2D eigenvalue weighted by atomic mass is 10.1.